The summed E-state index contributed by atoms with van der Waals surface area (Å²) in [5, 5.41) is 4.47. The molecule has 3 heterocycles. The standard InChI is InChI=1S/C15H24N6/c1-13-12-14-15(17-5-9-21(14)18-13)20-8-3-7-19(10-11-20)6-2-4-16/h5,9,12H,2-4,6-8,10-11,16H2,1H3. The van der Waals surface area contributed by atoms with E-state index in [-0.39, 0.29) is 0 Å². The molecule has 6 heteroatoms. The van der Waals surface area contributed by atoms with Crippen molar-refractivity contribution in [1.82, 2.24) is 19.5 Å². The lowest BCUT2D eigenvalue weighted by molar-refractivity contribution is 0.291. The maximum Gasteiger partial charge on any atom is 0.154 e. The normalized spacial score (nSPS) is 17.3. The Morgan fingerprint density at radius 2 is 2.14 bits per heavy atom. The van der Waals surface area contributed by atoms with Crippen LogP contribution < -0.4 is 10.6 Å². The lowest BCUT2D eigenvalue weighted by Crippen LogP contribution is -2.32. The monoisotopic (exact) mass is 288 g/mol. The molecule has 0 aromatic carbocycles. The van der Waals surface area contributed by atoms with Gasteiger partial charge in [-0.05, 0) is 45.5 Å². The van der Waals surface area contributed by atoms with E-state index in [9.17, 15) is 0 Å². The zero-order valence-electron chi connectivity index (χ0n) is 12.7. The Morgan fingerprint density at radius 3 is 3.00 bits per heavy atom. The van der Waals surface area contributed by atoms with Gasteiger partial charge in [-0.15, -0.1) is 0 Å². The molecule has 0 radical (unpaired) electrons. The molecule has 0 aliphatic carbocycles. The third-order valence-corrected chi connectivity index (χ3v) is 4.06. The van der Waals surface area contributed by atoms with Crippen LogP contribution in [0.2, 0.25) is 0 Å². The molecule has 0 unspecified atom stereocenters. The Hall–Kier alpha value is -1.66. The van der Waals surface area contributed by atoms with Crippen LogP contribution in [0.15, 0.2) is 18.5 Å². The van der Waals surface area contributed by atoms with E-state index < -0.39 is 0 Å². The van der Waals surface area contributed by atoms with E-state index in [1.54, 1.807) is 0 Å². The predicted molar refractivity (Wildman–Crippen MR) is 84.7 cm³/mol. The minimum absolute atomic E-state index is 0.774. The van der Waals surface area contributed by atoms with Crippen molar-refractivity contribution in [2.24, 2.45) is 5.73 Å². The fourth-order valence-electron chi connectivity index (χ4n) is 3.00. The van der Waals surface area contributed by atoms with Crippen molar-refractivity contribution in [1.29, 1.82) is 0 Å². The first kappa shape index (κ1) is 14.3. The van der Waals surface area contributed by atoms with Gasteiger partial charge >= 0.3 is 0 Å². The minimum Gasteiger partial charge on any atom is -0.353 e. The molecule has 0 atom stereocenters. The Labute approximate surface area is 125 Å². The largest absolute Gasteiger partial charge is 0.353 e. The fraction of sp³-hybridized carbons (Fsp3) is 0.600. The molecule has 0 bridgehead atoms. The van der Waals surface area contributed by atoms with Gasteiger partial charge in [-0.2, -0.15) is 5.10 Å². The topological polar surface area (TPSA) is 62.7 Å². The van der Waals surface area contributed by atoms with Crippen LogP contribution in [-0.2, 0) is 0 Å². The van der Waals surface area contributed by atoms with Crippen molar-refractivity contribution < 1.29 is 0 Å². The minimum atomic E-state index is 0.774. The van der Waals surface area contributed by atoms with E-state index in [0.29, 0.717) is 0 Å². The second-order valence-corrected chi connectivity index (χ2v) is 5.69. The molecule has 114 valence electrons. The number of anilines is 1. The number of aromatic nitrogens is 3. The number of hydrogen-bond acceptors (Lipinski definition) is 5. The number of fused-ring (bicyclic) bond motifs is 1. The average Bonchev–Trinajstić information content (AvgIpc) is 2.72. The van der Waals surface area contributed by atoms with Gasteiger partial charge in [-0.3, -0.25) is 0 Å². The van der Waals surface area contributed by atoms with Gasteiger partial charge < -0.3 is 15.5 Å². The van der Waals surface area contributed by atoms with E-state index in [1.807, 2.05) is 23.8 Å². The van der Waals surface area contributed by atoms with Crippen molar-refractivity contribution in [2.75, 3.05) is 44.2 Å². The van der Waals surface area contributed by atoms with Crippen LogP contribution in [0.5, 0.6) is 0 Å². The highest BCUT2D eigenvalue weighted by molar-refractivity contribution is 5.69. The Kier molecular flexibility index (Phi) is 4.36. The summed E-state index contributed by atoms with van der Waals surface area (Å²) < 4.78 is 1.93. The Balaban J connectivity index is 1.76. The third kappa shape index (κ3) is 3.16. The second kappa shape index (κ2) is 6.41. The molecule has 21 heavy (non-hydrogen) atoms. The lowest BCUT2D eigenvalue weighted by Gasteiger charge is -2.23. The highest BCUT2D eigenvalue weighted by atomic mass is 15.3. The first-order chi connectivity index (χ1) is 10.3. The summed E-state index contributed by atoms with van der Waals surface area (Å²) in [5.74, 6) is 1.05. The van der Waals surface area contributed by atoms with Gasteiger partial charge in [-0.25, -0.2) is 9.50 Å². The molecule has 6 nitrogen and oxygen atoms in total. The van der Waals surface area contributed by atoms with Gasteiger partial charge in [0.15, 0.2) is 5.82 Å². The lowest BCUT2D eigenvalue weighted by atomic mass is 10.3. The maximum absolute atomic E-state index is 5.61. The molecule has 2 aromatic heterocycles. The molecule has 1 aliphatic rings. The molecule has 0 spiro atoms. The van der Waals surface area contributed by atoms with E-state index in [1.165, 1.54) is 6.42 Å². The van der Waals surface area contributed by atoms with Crippen LogP contribution in [0.3, 0.4) is 0 Å². The Morgan fingerprint density at radius 1 is 1.24 bits per heavy atom. The van der Waals surface area contributed by atoms with Crippen LogP contribution in [0.4, 0.5) is 5.82 Å². The average molecular weight is 288 g/mol. The summed E-state index contributed by atoms with van der Waals surface area (Å²) in [6, 6.07) is 2.11. The summed E-state index contributed by atoms with van der Waals surface area (Å²) in [6.07, 6.45) is 6.00. The molecular formula is C15H24N6. The highest BCUT2D eigenvalue weighted by Gasteiger charge is 2.18. The molecule has 2 aromatic rings. The zero-order chi connectivity index (χ0) is 14.7. The van der Waals surface area contributed by atoms with Gasteiger partial charge in [0.25, 0.3) is 0 Å². The van der Waals surface area contributed by atoms with E-state index in [4.69, 9.17) is 5.73 Å². The van der Waals surface area contributed by atoms with Gasteiger partial charge in [0.05, 0.1) is 5.69 Å². The first-order valence-corrected chi connectivity index (χ1v) is 7.76. The van der Waals surface area contributed by atoms with E-state index in [2.05, 4.69) is 25.9 Å². The van der Waals surface area contributed by atoms with Crippen molar-refractivity contribution in [3.63, 3.8) is 0 Å². The molecule has 1 aliphatic heterocycles. The molecule has 1 fully saturated rings. The molecule has 0 amide bonds. The summed E-state index contributed by atoms with van der Waals surface area (Å²) >= 11 is 0. The molecule has 1 saturated heterocycles. The summed E-state index contributed by atoms with van der Waals surface area (Å²) in [4.78, 5) is 9.50. The van der Waals surface area contributed by atoms with Gasteiger partial charge in [0.2, 0.25) is 0 Å². The number of nitrogens with zero attached hydrogens (tertiary/aromatic N) is 5. The van der Waals surface area contributed by atoms with E-state index >= 15 is 0 Å². The number of rotatable bonds is 4. The van der Waals surface area contributed by atoms with Crippen LogP contribution in [0.25, 0.3) is 5.52 Å². The molecule has 2 N–H and O–H groups in total. The van der Waals surface area contributed by atoms with Crippen LogP contribution in [-0.4, -0.2) is 58.8 Å². The highest BCUT2D eigenvalue weighted by Crippen LogP contribution is 2.20. The van der Waals surface area contributed by atoms with Crippen LogP contribution >= 0.6 is 0 Å². The fourth-order valence-corrected chi connectivity index (χ4v) is 3.00. The number of aryl methyl sites for hydroxylation is 1. The summed E-state index contributed by atoms with van der Waals surface area (Å²) in [5.41, 5.74) is 7.74. The van der Waals surface area contributed by atoms with Crippen LogP contribution in [0.1, 0.15) is 18.5 Å². The van der Waals surface area contributed by atoms with Crippen LogP contribution in [0, 0.1) is 6.92 Å². The van der Waals surface area contributed by atoms with E-state index in [0.717, 1.165) is 62.7 Å². The third-order valence-electron chi connectivity index (χ3n) is 4.06. The molecular weight excluding hydrogens is 264 g/mol. The summed E-state index contributed by atoms with van der Waals surface area (Å²) in [7, 11) is 0. The predicted octanol–water partition coefficient (Wildman–Crippen LogP) is 0.899. The van der Waals surface area contributed by atoms with Crippen molar-refractivity contribution >= 4 is 11.3 Å². The molecule has 3 rings (SSSR count). The maximum atomic E-state index is 5.61. The second-order valence-electron chi connectivity index (χ2n) is 5.69. The quantitative estimate of drug-likeness (QED) is 0.905. The Bertz CT molecular complexity index is 593. The van der Waals surface area contributed by atoms with Crippen molar-refractivity contribution in [3.05, 3.63) is 24.2 Å². The first-order valence-electron chi connectivity index (χ1n) is 7.76. The summed E-state index contributed by atoms with van der Waals surface area (Å²) in [6.45, 7) is 8.20. The number of nitrogens with two attached hydrogens (primary N) is 1. The number of hydrogen-bond donors (Lipinski definition) is 1. The SMILES string of the molecule is Cc1cc2c(N3CCCN(CCCN)CC3)nccn2n1. The van der Waals surface area contributed by atoms with Gasteiger partial charge in [0, 0.05) is 32.0 Å². The molecule has 0 saturated carbocycles. The smallest absolute Gasteiger partial charge is 0.154 e. The van der Waals surface area contributed by atoms with Crippen molar-refractivity contribution in [2.45, 2.75) is 19.8 Å². The van der Waals surface area contributed by atoms with Gasteiger partial charge in [-0.1, -0.05) is 0 Å². The van der Waals surface area contributed by atoms with Crippen molar-refractivity contribution in [3.8, 4) is 0 Å². The zero-order valence-corrected chi connectivity index (χ0v) is 12.7. The van der Waals surface area contributed by atoms with Gasteiger partial charge in [0.1, 0.15) is 5.52 Å².